The molecule has 84 valence electrons. The maximum Gasteiger partial charge on any atom is 0.0965 e. The number of hydrogen-bond donors (Lipinski definition) is 2. The molecule has 0 aromatic heterocycles. The molecule has 0 radical (unpaired) electrons. The molecule has 3 nitrogen and oxygen atoms in total. The summed E-state index contributed by atoms with van der Waals surface area (Å²) in [5.74, 6) is 0.488. The van der Waals surface area contributed by atoms with Crippen LogP contribution in [0.3, 0.4) is 0 Å². The van der Waals surface area contributed by atoms with Crippen LogP contribution in [0.1, 0.15) is 26.3 Å². The second-order valence-corrected chi connectivity index (χ2v) is 5.77. The standard InChI is InChI=1S/C11H18N2OS/c1-11(2,3)13-15(14)8-9-5-4-6-10(12)7-9/h4-7,13H,8,12H2,1-3H3. The molecule has 0 fully saturated rings. The van der Waals surface area contributed by atoms with Gasteiger partial charge in [0.2, 0.25) is 0 Å². The van der Waals surface area contributed by atoms with Crippen LogP contribution in [-0.2, 0) is 16.7 Å². The van der Waals surface area contributed by atoms with E-state index in [2.05, 4.69) is 4.72 Å². The summed E-state index contributed by atoms with van der Waals surface area (Å²) in [5.41, 5.74) is 7.21. The largest absolute Gasteiger partial charge is 0.399 e. The van der Waals surface area contributed by atoms with Crippen LogP contribution < -0.4 is 10.5 Å². The fourth-order valence-electron chi connectivity index (χ4n) is 1.21. The van der Waals surface area contributed by atoms with Gasteiger partial charge in [0.05, 0.1) is 16.7 Å². The monoisotopic (exact) mass is 226 g/mol. The van der Waals surface area contributed by atoms with Gasteiger partial charge in [0.25, 0.3) is 0 Å². The number of nitrogens with two attached hydrogens (primary N) is 1. The van der Waals surface area contributed by atoms with Gasteiger partial charge in [-0.3, -0.25) is 0 Å². The first kappa shape index (κ1) is 12.2. The molecule has 1 atom stereocenters. The van der Waals surface area contributed by atoms with Gasteiger partial charge in [0.15, 0.2) is 0 Å². The van der Waals surface area contributed by atoms with Crippen molar-refractivity contribution in [1.29, 1.82) is 0 Å². The predicted molar refractivity (Wildman–Crippen MR) is 65.6 cm³/mol. The first-order valence-corrected chi connectivity index (χ1v) is 6.19. The summed E-state index contributed by atoms with van der Waals surface area (Å²) in [6.07, 6.45) is 0. The quantitative estimate of drug-likeness (QED) is 0.772. The average molecular weight is 226 g/mol. The summed E-state index contributed by atoms with van der Waals surface area (Å²) >= 11 is 0. The number of benzene rings is 1. The minimum atomic E-state index is -1.05. The molecule has 0 heterocycles. The number of nitrogens with one attached hydrogen (secondary N) is 1. The molecule has 0 aliphatic carbocycles. The van der Waals surface area contributed by atoms with Gasteiger partial charge in [-0.2, -0.15) is 0 Å². The van der Waals surface area contributed by atoms with Crippen molar-refractivity contribution in [3.8, 4) is 0 Å². The van der Waals surface area contributed by atoms with Crippen molar-refractivity contribution in [2.24, 2.45) is 0 Å². The van der Waals surface area contributed by atoms with Gasteiger partial charge in [-0.05, 0) is 38.5 Å². The Morgan fingerprint density at radius 2 is 2.07 bits per heavy atom. The highest BCUT2D eigenvalue weighted by Gasteiger charge is 2.13. The van der Waals surface area contributed by atoms with Crippen molar-refractivity contribution in [2.45, 2.75) is 32.1 Å². The number of nitrogen functional groups attached to an aromatic ring is 1. The lowest BCUT2D eigenvalue weighted by Gasteiger charge is -2.19. The summed E-state index contributed by atoms with van der Waals surface area (Å²) in [6, 6.07) is 7.48. The van der Waals surface area contributed by atoms with E-state index in [4.69, 9.17) is 5.73 Å². The zero-order valence-corrected chi connectivity index (χ0v) is 10.2. The summed E-state index contributed by atoms with van der Waals surface area (Å²) in [6.45, 7) is 5.97. The van der Waals surface area contributed by atoms with Crippen LogP contribution in [0.2, 0.25) is 0 Å². The molecule has 0 spiro atoms. The van der Waals surface area contributed by atoms with Crippen molar-refractivity contribution in [1.82, 2.24) is 4.72 Å². The molecule has 0 aliphatic heterocycles. The third kappa shape index (κ3) is 4.95. The van der Waals surface area contributed by atoms with E-state index in [9.17, 15) is 4.21 Å². The molecule has 4 heteroatoms. The molecule has 1 aromatic rings. The van der Waals surface area contributed by atoms with Crippen LogP contribution in [0.5, 0.6) is 0 Å². The van der Waals surface area contributed by atoms with Gasteiger partial charge in [-0.1, -0.05) is 12.1 Å². The van der Waals surface area contributed by atoms with Crippen molar-refractivity contribution in [3.05, 3.63) is 29.8 Å². The Bertz CT molecular complexity index is 358. The Labute approximate surface area is 93.7 Å². The van der Waals surface area contributed by atoms with E-state index in [1.807, 2.05) is 45.0 Å². The maximum absolute atomic E-state index is 11.7. The summed E-state index contributed by atoms with van der Waals surface area (Å²) in [7, 11) is -1.05. The number of hydrogen-bond acceptors (Lipinski definition) is 2. The summed E-state index contributed by atoms with van der Waals surface area (Å²) < 4.78 is 14.7. The smallest absolute Gasteiger partial charge is 0.0965 e. The highest BCUT2D eigenvalue weighted by Crippen LogP contribution is 2.09. The molecule has 15 heavy (non-hydrogen) atoms. The zero-order chi connectivity index (χ0) is 11.5. The topological polar surface area (TPSA) is 55.1 Å². The van der Waals surface area contributed by atoms with Gasteiger partial charge >= 0.3 is 0 Å². The van der Waals surface area contributed by atoms with Gasteiger partial charge in [-0.25, -0.2) is 8.93 Å². The molecule has 1 rings (SSSR count). The van der Waals surface area contributed by atoms with Crippen molar-refractivity contribution in [3.63, 3.8) is 0 Å². The van der Waals surface area contributed by atoms with Gasteiger partial charge in [0, 0.05) is 11.2 Å². The Balaban J connectivity index is 2.59. The molecule has 0 saturated carbocycles. The van der Waals surface area contributed by atoms with Crippen LogP contribution in [0.4, 0.5) is 5.69 Å². The Hall–Kier alpha value is -0.870. The normalized spacial score (nSPS) is 13.8. The Kier molecular flexibility index (Phi) is 3.88. The second kappa shape index (κ2) is 4.77. The van der Waals surface area contributed by atoms with Crippen molar-refractivity contribution >= 4 is 16.7 Å². The third-order valence-corrected chi connectivity index (χ3v) is 3.10. The second-order valence-electron chi connectivity index (χ2n) is 4.59. The lowest BCUT2D eigenvalue weighted by atomic mass is 10.1. The molecule has 0 aliphatic rings. The average Bonchev–Trinajstić information content (AvgIpc) is 1.99. The van der Waals surface area contributed by atoms with E-state index in [-0.39, 0.29) is 5.54 Å². The van der Waals surface area contributed by atoms with E-state index in [0.29, 0.717) is 11.4 Å². The third-order valence-electron chi connectivity index (χ3n) is 1.67. The van der Waals surface area contributed by atoms with E-state index >= 15 is 0 Å². The molecule has 0 amide bonds. The van der Waals surface area contributed by atoms with E-state index in [1.54, 1.807) is 0 Å². The van der Waals surface area contributed by atoms with E-state index in [0.717, 1.165) is 5.56 Å². The summed E-state index contributed by atoms with van der Waals surface area (Å²) in [5, 5.41) is 0. The maximum atomic E-state index is 11.7. The van der Waals surface area contributed by atoms with Crippen molar-refractivity contribution < 1.29 is 4.21 Å². The van der Waals surface area contributed by atoms with Crippen LogP contribution in [-0.4, -0.2) is 9.75 Å². The zero-order valence-electron chi connectivity index (χ0n) is 9.41. The lowest BCUT2D eigenvalue weighted by Crippen LogP contribution is -2.37. The molecular formula is C11H18N2OS. The molecule has 1 aromatic carbocycles. The summed E-state index contributed by atoms with van der Waals surface area (Å²) in [4.78, 5) is 0. The van der Waals surface area contributed by atoms with Crippen LogP contribution in [0.25, 0.3) is 0 Å². The van der Waals surface area contributed by atoms with Gasteiger partial charge in [0.1, 0.15) is 0 Å². The lowest BCUT2D eigenvalue weighted by molar-refractivity contribution is 0.519. The molecule has 0 saturated heterocycles. The van der Waals surface area contributed by atoms with Crippen LogP contribution in [0.15, 0.2) is 24.3 Å². The first-order valence-electron chi connectivity index (χ1n) is 4.87. The molecule has 3 N–H and O–H groups in total. The van der Waals surface area contributed by atoms with Gasteiger partial charge in [-0.15, -0.1) is 0 Å². The molecular weight excluding hydrogens is 208 g/mol. The minimum absolute atomic E-state index is 0.134. The molecule has 1 unspecified atom stereocenters. The predicted octanol–water partition coefficient (Wildman–Crippen LogP) is 1.82. The Morgan fingerprint density at radius 3 is 2.60 bits per heavy atom. The SMILES string of the molecule is CC(C)(C)NS(=O)Cc1cccc(N)c1. The van der Waals surface area contributed by atoms with Gasteiger partial charge < -0.3 is 5.73 Å². The van der Waals surface area contributed by atoms with Crippen LogP contribution >= 0.6 is 0 Å². The molecule has 0 bridgehead atoms. The highest BCUT2D eigenvalue weighted by molar-refractivity contribution is 7.82. The fourth-order valence-corrected chi connectivity index (χ4v) is 2.45. The van der Waals surface area contributed by atoms with Crippen LogP contribution in [0, 0.1) is 0 Å². The fraction of sp³-hybridized carbons (Fsp3) is 0.455. The van der Waals surface area contributed by atoms with Crippen molar-refractivity contribution in [2.75, 3.05) is 5.73 Å². The minimum Gasteiger partial charge on any atom is -0.399 e. The Morgan fingerprint density at radius 1 is 1.40 bits per heavy atom. The number of anilines is 1. The van der Waals surface area contributed by atoms with E-state index < -0.39 is 11.0 Å². The highest BCUT2D eigenvalue weighted by atomic mass is 32.2. The first-order chi connectivity index (χ1) is 6.87. The number of rotatable bonds is 3. The van der Waals surface area contributed by atoms with E-state index in [1.165, 1.54) is 0 Å².